The van der Waals surface area contributed by atoms with Crippen molar-refractivity contribution < 1.29 is 0 Å². The molecule has 1 aliphatic rings. The lowest BCUT2D eigenvalue weighted by Gasteiger charge is -2.25. The summed E-state index contributed by atoms with van der Waals surface area (Å²) in [4.78, 5) is 19.7. The molecule has 2 aromatic rings. The van der Waals surface area contributed by atoms with Gasteiger partial charge in [0.15, 0.2) is 0 Å². The van der Waals surface area contributed by atoms with E-state index >= 15 is 0 Å². The van der Waals surface area contributed by atoms with Crippen molar-refractivity contribution in [2.75, 3.05) is 11.4 Å². The van der Waals surface area contributed by atoms with E-state index in [0.29, 0.717) is 0 Å². The first-order chi connectivity index (χ1) is 9.24. The van der Waals surface area contributed by atoms with Gasteiger partial charge < -0.3 is 4.90 Å². The minimum absolute atomic E-state index is 0.279. The molecule has 0 amide bonds. The Kier molecular flexibility index (Phi) is 3.11. The summed E-state index contributed by atoms with van der Waals surface area (Å²) in [6.45, 7) is 4.98. The van der Waals surface area contributed by atoms with Crippen LogP contribution in [0.2, 0.25) is 0 Å². The fraction of sp³-hybridized carbons (Fsp3) is 0.429. The van der Waals surface area contributed by atoms with E-state index in [2.05, 4.69) is 24.8 Å². The van der Waals surface area contributed by atoms with Gasteiger partial charge in [-0.3, -0.25) is 9.97 Å². The largest absolute Gasteiger partial charge is 0.348 e. The molecule has 0 radical (unpaired) electrons. The molecule has 1 saturated heterocycles. The smallest absolute Gasteiger partial charge is 0.132 e. The van der Waals surface area contributed by atoms with Crippen LogP contribution < -0.4 is 4.90 Å². The Morgan fingerprint density at radius 2 is 2.05 bits per heavy atom. The molecule has 0 saturated carbocycles. The topological polar surface area (TPSA) is 54.8 Å². The van der Waals surface area contributed by atoms with Crippen molar-refractivity contribution in [3.05, 3.63) is 41.9 Å². The van der Waals surface area contributed by atoms with Gasteiger partial charge in [0.2, 0.25) is 0 Å². The van der Waals surface area contributed by atoms with Crippen LogP contribution in [0.15, 0.2) is 24.8 Å². The number of aromatic nitrogens is 4. The second kappa shape index (κ2) is 4.91. The maximum Gasteiger partial charge on any atom is 0.132 e. The molecule has 0 bridgehead atoms. The Bertz CT molecular complexity index is 532. The first-order valence-corrected chi connectivity index (χ1v) is 6.58. The molecule has 0 unspecified atom stereocenters. The lowest BCUT2D eigenvalue weighted by atomic mass is 10.1. The van der Waals surface area contributed by atoms with E-state index in [-0.39, 0.29) is 6.04 Å². The Balaban J connectivity index is 1.93. The Hall–Kier alpha value is -2.04. The van der Waals surface area contributed by atoms with Crippen molar-refractivity contribution in [1.82, 2.24) is 19.9 Å². The predicted octanol–water partition coefficient (Wildman–Crippen LogP) is 2.22. The Morgan fingerprint density at radius 1 is 1.16 bits per heavy atom. The fourth-order valence-corrected chi connectivity index (χ4v) is 2.59. The van der Waals surface area contributed by atoms with Gasteiger partial charge in [0.25, 0.3) is 0 Å². The second-order valence-corrected chi connectivity index (χ2v) is 4.95. The summed E-state index contributed by atoms with van der Waals surface area (Å²) in [5.41, 5.74) is 2.99. The fourth-order valence-electron chi connectivity index (χ4n) is 2.59. The summed E-state index contributed by atoms with van der Waals surface area (Å²) in [7, 11) is 0. The van der Waals surface area contributed by atoms with Gasteiger partial charge in [-0.1, -0.05) is 0 Å². The highest BCUT2D eigenvalue weighted by Crippen LogP contribution is 2.33. The molecule has 5 nitrogen and oxygen atoms in total. The van der Waals surface area contributed by atoms with Gasteiger partial charge in [0, 0.05) is 24.5 Å². The van der Waals surface area contributed by atoms with Gasteiger partial charge in [0.1, 0.15) is 12.1 Å². The van der Waals surface area contributed by atoms with Crippen LogP contribution in [0.25, 0.3) is 0 Å². The first-order valence-electron chi connectivity index (χ1n) is 6.58. The van der Waals surface area contributed by atoms with Crippen molar-refractivity contribution >= 4 is 5.82 Å². The van der Waals surface area contributed by atoms with Gasteiger partial charge in [0.05, 0.1) is 23.6 Å². The minimum atomic E-state index is 0.279. The van der Waals surface area contributed by atoms with Gasteiger partial charge in [-0.2, -0.15) is 0 Å². The van der Waals surface area contributed by atoms with Gasteiger partial charge in [-0.15, -0.1) is 0 Å². The van der Waals surface area contributed by atoms with E-state index in [9.17, 15) is 0 Å². The van der Waals surface area contributed by atoms with Crippen LogP contribution in [0.4, 0.5) is 5.82 Å². The molecular formula is C14H17N5. The van der Waals surface area contributed by atoms with Crippen LogP contribution in [0.1, 0.15) is 36.0 Å². The summed E-state index contributed by atoms with van der Waals surface area (Å²) in [6.07, 6.45) is 7.54. The van der Waals surface area contributed by atoms with E-state index in [1.165, 1.54) is 0 Å². The van der Waals surface area contributed by atoms with Crippen molar-refractivity contribution in [2.45, 2.75) is 32.7 Å². The molecule has 0 aliphatic carbocycles. The summed E-state index contributed by atoms with van der Waals surface area (Å²) >= 11 is 0. The molecule has 0 N–H and O–H groups in total. The number of hydrogen-bond acceptors (Lipinski definition) is 5. The van der Waals surface area contributed by atoms with Crippen molar-refractivity contribution in [3.8, 4) is 0 Å². The molecule has 1 aliphatic heterocycles. The molecule has 19 heavy (non-hydrogen) atoms. The molecule has 0 aromatic carbocycles. The number of nitrogens with zero attached hydrogens (tertiary/aromatic N) is 5. The van der Waals surface area contributed by atoms with Crippen molar-refractivity contribution in [2.24, 2.45) is 0 Å². The summed E-state index contributed by atoms with van der Waals surface area (Å²) in [5.74, 6) is 0.985. The molecule has 3 heterocycles. The second-order valence-electron chi connectivity index (χ2n) is 4.95. The van der Waals surface area contributed by atoms with E-state index in [1.807, 2.05) is 26.1 Å². The zero-order chi connectivity index (χ0) is 13.2. The normalized spacial score (nSPS) is 18.8. The van der Waals surface area contributed by atoms with Crippen molar-refractivity contribution in [3.63, 3.8) is 0 Å². The van der Waals surface area contributed by atoms with Crippen LogP contribution >= 0.6 is 0 Å². The predicted molar refractivity (Wildman–Crippen MR) is 72.9 cm³/mol. The number of anilines is 1. The highest BCUT2D eigenvalue weighted by Gasteiger charge is 2.28. The quantitative estimate of drug-likeness (QED) is 0.823. The van der Waals surface area contributed by atoms with Gasteiger partial charge >= 0.3 is 0 Å². The molecule has 1 atom stereocenters. The third-order valence-corrected chi connectivity index (χ3v) is 3.45. The van der Waals surface area contributed by atoms with Crippen LogP contribution in [0.5, 0.6) is 0 Å². The average Bonchev–Trinajstić information content (AvgIpc) is 2.88. The first kappa shape index (κ1) is 12.0. The van der Waals surface area contributed by atoms with E-state index in [0.717, 1.165) is 42.3 Å². The summed E-state index contributed by atoms with van der Waals surface area (Å²) in [5, 5.41) is 0. The van der Waals surface area contributed by atoms with Crippen LogP contribution in [-0.2, 0) is 0 Å². The molecule has 0 spiro atoms. The number of rotatable bonds is 2. The molecule has 1 fully saturated rings. The molecule has 3 rings (SSSR count). The summed E-state index contributed by atoms with van der Waals surface area (Å²) in [6, 6.07) is 2.31. The lowest BCUT2D eigenvalue weighted by Crippen LogP contribution is -2.24. The standard InChI is InChI=1S/C14H17N5/c1-10-6-14(17-9-16-10)19-5-3-4-13(19)12-8-15-7-11(2)18-12/h6-9,13H,3-5H2,1-2H3/t13-/m0/s1. The van der Waals surface area contributed by atoms with E-state index in [4.69, 9.17) is 0 Å². The maximum absolute atomic E-state index is 4.61. The monoisotopic (exact) mass is 255 g/mol. The molecule has 2 aromatic heterocycles. The maximum atomic E-state index is 4.61. The molecule has 5 heteroatoms. The van der Waals surface area contributed by atoms with Gasteiger partial charge in [-0.25, -0.2) is 9.97 Å². The Morgan fingerprint density at radius 3 is 2.84 bits per heavy atom. The highest BCUT2D eigenvalue weighted by atomic mass is 15.2. The van der Waals surface area contributed by atoms with E-state index < -0.39 is 0 Å². The van der Waals surface area contributed by atoms with Crippen molar-refractivity contribution in [1.29, 1.82) is 0 Å². The minimum Gasteiger partial charge on any atom is -0.348 e. The average molecular weight is 255 g/mol. The van der Waals surface area contributed by atoms with Crippen LogP contribution in [0, 0.1) is 13.8 Å². The third kappa shape index (κ3) is 2.41. The number of hydrogen-bond donors (Lipinski definition) is 0. The SMILES string of the molecule is Cc1cc(N2CCC[C@H]2c2cncc(C)n2)ncn1. The lowest BCUT2D eigenvalue weighted by molar-refractivity contribution is 0.678. The van der Waals surface area contributed by atoms with Gasteiger partial charge in [-0.05, 0) is 26.7 Å². The third-order valence-electron chi connectivity index (χ3n) is 3.45. The van der Waals surface area contributed by atoms with E-state index in [1.54, 1.807) is 12.5 Å². The van der Waals surface area contributed by atoms with Crippen LogP contribution in [-0.4, -0.2) is 26.5 Å². The summed E-state index contributed by atoms with van der Waals surface area (Å²) < 4.78 is 0. The zero-order valence-corrected chi connectivity index (χ0v) is 11.2. The van der Waals surface area contributed by atoms with Crippen LogP contribution in [0.3, 0.4) is 0 Å². The zero-order valence-electron chi connectivity index (χ0n) is 11.2. The molecular weight excluding hydrogens is 238 g/mol. The Labute approximate surface area is 112 Å². The number of aryl methyl sites for hydroxylation is 2. The molecule has 98 valence electrons. The highest BCUT2D eigenvalue weighted by molar-refractivity contribution is 5.43.